The van der Waals surface area contributed by atoms with E-state index in [0.29, 0.717) is 13.1 Å². The van der Waals surface area contributed by atoms with Gasteiger partial charge in [-0.25, -0.2) is 4.68 Å². The number of carbonyl (C=O) groups is 1. The standard InChI is InChI=1S/C19H26N4O3/c1-2-10-23-18(24)9-8-15(21-23)19(25)20-14-16(17-7-6-13-26-17)22-11-4-3-5-12-22/h6-9,13,16H,2-5,10-12,14H2,1H3,(H,20,25). The highest BCUT2D eigenvalue weighted by Gasteiger charge is 2.25. The van der Waals surface area contributed by atoms with Crippen LogP contribution in [0.15, 0.2) is 39.7 Å². The normalized spacial score (nSPS) is 16.3. The highest BCUT2D eigenvalue weighted by molar-refractivity contribution is 5.92. The van der Waals surface area contributed by atoms with Crippen LogP contribution >= 0.6 is 0 Å². The second-order valence-electron chi connectivity index (χ2n) is 6.62. The topological polar surface area (TPSA) is 80.4 Å². The van der Waals surface area contributed by atoms with E-state index in [2.05, 4.69) is 15.3 Å². The van der Waals surface area contributed by atoms with Gasteiger partial charge in [0.25, 0.3) is 11.5 Å². The van der Waals surface area contributed by atoms with Crippen molar-refractivity contribution in [2.45, 2.75) is 45.2 Å². The minimum absolute atomic E-state index is 0.01000. The summed E-state index contributed by atoms with van der Waals surface area (Å²) >= 11 is 0. The van der Waals surface area contributed by atoms with E-state index in [9.17, 15) is 9.59 Å². The molecule has 1 fully saturated rings. The number of furan rings is 1. The molecule has 0 bridgehead atoms. The third-order valence-corrected chi connectivity index (χ3v) is 4.69. The highest BCUT2D eigenvalue weighted by Crippen LogP contribution is 2.24. The third-order valence-electron chi connectivity index (χ3n) is 4.69. The van der Waals surface area contributed by atoms with Gasteiger partial charge in [-0.05, 0) is 50.6 Å². The zero-order valence-corrected chi connectivity index (χ0v) is 15.2. The van der Waals surface area contributed by atoms with Crippen molar-refractivity contribution in [1.29, 1.82) is 0 Å². The first-order chi connectivity index (χ1) is 12.7. The van der Waals surface area contributed by atoms with Crippen LogP contribution in [0.2, 0.25) is 0 Å². The second-order valence-corrected chi connectivity index (χ2v) is 6.62. The molecule has 1 N–H and O–H groups in total. The van der Waals surface area contributed by atoms with Crippen molar-refractivity contribution in [3.8, 4) is 0 Å². The number of piperidine rings is 1. The molecule has 0 saturated carbocycles. The molecule has 7 nitrogen and oxygen atoms in total. The summed E-state index contributed by atoms with van der Waals surface area (Å²) in [4.78, 5) is 26.6. The van der Waals surface area contributed by atoms with Gasteiger partial charge in [0.15, 0.2) is 0 Å². The molecule has 3 rings (SSSR count). The van der Waals surface area contributed by atoms with Crippen molar-refractivity contribution in [3.05, 3.63) is 52.3 Å². The lowest BCUT2D eigenvalue weighted by molar-refractivity contribution is 0.0906. The van der Waals surface area contributed by atoms with Gasteiger partial charge in [-0.1, -0.05) is 13.3 Å². The number of amides is 1. The Balaban J connectivity index is 1.69. The molecule has 1 amide bonds. The Hall–Kier alpha value is -2.41. The molecule has 0 spiro atoms. The van der Waals surface area contributed by atoms with Crippen molar-refractivity contribution in [2.24, 2.45) is 0 Å². The fraction of sp³-hybridized carbons (Fsp3) is 0.526. The molecule has 1 saturated heterocycles. The number of rotatable bonds is 7. The monoisotopic (exact) mass is 358 g/mol. The molecule has 1 unspecified atom stereocenters. The minimum atomic E-state index is -0.275. The lowest BCUT2D eigenvalue weighted by Gasteiger charge is -2.33. The maximum atomic E-state index is 12.5. The van der Waals surface area contributed by atoms with Crippen LogP contribution < -0.4 is 10.9 Å². The maximum absolute atomic E-state index is 12.5. The molecule has 140 valence electrons. The Morgan fingerprint density at radius 1 is 1.27 bits per heavy atom. The van der Waals surface area contributed by atoms with Crippen molar-refractivity contribution < 1.29 is 9.21 Å². The van der Waals surface area contributed by atoms with E-state index in [1.54, 1.807) is 6.26 Å². The van der Waals surface area contributed by atoms with Crippen molar-refractivity contribution in [1.82, 2.24) is 20.0 Å². The molecule has 1 atom stereocenters. The van der Waals surface area contributed by atoms with Gasteiger partial charge in [0, 0.05) is 19.2 Å². The largest absolute Gasteiger partial charge is 0.468 e. The van der Waals surface area contributed by atoms with Gasteiger partial charge in [-0.2, -0.15) is 5.10 Å². The number of nitrogens with zero attached hydrogens (tertiary/aromatic N) is 3. The van der Waals surface area contributed by atoms with Crippen LogP contribution in [-0.4, -0.2) is 40.2 Å². The zero-order valence-electron chi connectivity index (χ0n) is 15.2. The number of aromatic nitrogens is 2. The van der Waals surface area contributed by atoms with E-state index in [-0.39, 0.29) is 23.2 Å². The van der Waals surface area contributed by atoms with Gasteiger partial charge in [0.2, 0.25) is 0 Å². The summed E-state index contributed by atoms with van der Waals surface area (Å²) in [6.45, 7) is 4.92. The second kappa shape index (κ2) is 8.80. The van der Waals surface area contributed by atoms with Crippen molar-refractivity contribution in [3.63, 3.8) is 0 Å². The zero-order chi connectivity index (χ0) is 18.4. The van der Waals surface area contributed by atoms with Crippen molar-refractivity contribution in [2.75, 3.05) is 19.6 Å². The molecule has 1 aliphatic rings. The number of carbonyl (C=O) groups excluding carboxylic acids is 1. The van der Waals surface area contributed by atoms with E-state index in [1.807, 2.05) is 19.1 Å². The van der Waals surface area contributed by atoms with Crippen LogP contribution in [0.4, 0.5) is 0 Å². The van der Waals surface area contributed by atoms with Gasteiger partial charge in [-0.3, -0.25) is 14.5 Å². The molecular weight excluding hydrogens is 332 g/mol. The first kappa shape index (κ1) is 18.4. The van der Waals surface area contributed by atoms with Crippen molar-refractivity contribution >= 4 is 5.91 Å². The maximum Gasteiger partial charge on any atom is 0.271 e. The van der Waals surface area contributed by atoms with Crippen LogP contribution in [0.25, 0.3) is 0 Å². The van der Waals surface area contributed by atoms with Gasteiger partial charge in [0.1, 0.15) is 11.5 Å². The first-order valence-corrected chi connectivity index (χ1v) is 9.33. The number of likely N-dealkylation sites (tertiary alicyclic amines) is 1. The molecule has 1 aliphatic heterocycles. The summed E-state index contributed by atoms with van der Waals surface area (Å²) in [5.41, 5.74) is 0.0695. The highest BCUT2D eigenvalue weighted by atomic mass is 16.3. The molecule has 0 aromatic carbocycles. The lowest BCUT2D eigenvalue weighted by Crippen LogP contribution is -2.41. The van der Waals surface area contributed by atoms with E-state index in [1.165, 1.54) is 23.2 Å². The van der Waals surface area contributed by atoms with Crippen LogP contribution in [0.3, 0.4) is 0 Å². The van der Waals surface area contributed by atoms with Gasteiger partial charge >= 0.3 is 0 Å². The summed E-state index contributed by atoms with van der Waals surface area (Å²) in [6, 6.07) is 6.70. The van der Waals surface area contributed by atoms with Crippen LogP contribution in [-0.2, 0) is 6.54 Å². The number of hydrogen-bond donors (Lipinski definition) is 1. The Labute approximate surface area is 153 Å². The molecule has 26 heavy (non-hydrogen) atoms. The smallest absolute Gasteiger partial charge is 0.271 e. The van der Waals surface area contributed by atoms with Gasteiger partial charge < -0.3 is 9.73 Å². The number of aryl methyl sites for hydroxylation is 1. The van der Waals surface area contributed by atoms with E-state index < -0.39 is 0 Å². The Bertz CT molecular complexity index is 763. The molecule has 2 aromatic rings. The van der Waals surface area contributed by atoms with Crippen LogP contribution in [0.5, 0.6) is 0 Å². The van der Waals surface area contributed by atoms with Gasteiger partial charge in [-0.15, -0.1) is 0 Å². The number of hydrogen-bond acceptors (Lipinski definition) is 5. The van der Waals surface area contributed by atoms with Crippen LogP contribution in [0.1, 0.15) is 54.9 Å². The van der Waals surface area contributed by atoms with E-state index in [4.69, 9.17) is 4.42 Å². The summed E-state index contributed by atoms with van der Waals surface area (Å²) in [7, 11) is 0. The third kappa shape index (κ3) is 4.40. The SMILES string of the molecule is CCCn1nc(C(=O)NCC(c2ccco2)N2CCCCC2)ccc1=O. The predicted octanol–water partition coefficient (Wildman–Crippen LogP) is 2.20. The quantitative estimate of drug-likeness (QED) is 0.821. The van der Waals surface area contributed by atoms with E-state index in [0.717, 1.165) is 38.1 Å². The molecule has 2 aromatic heterocycles. The lowest BCUT2D eigenvalue weighted by atomic mass is 10.1. The summed E-state index contributed by atoms with van der Waals surface area (Å²) < 4.78 is 6.94. The summed E-state index contributed by atoms with van der Waals surface area (Å²) in [6.07, 6.45) is 6.02. The minimum Gasteiger partial charge on any atom is -0.468 e. The fourth-order valence-corrected chi connectivity index (χ4v) is 3.34. The number of nitrogens with one attached hydrogen (secondary N) is 1. The van der Waals surface area contributed by atoms with Crippen LogP contribution in [0, 0.1) is 0 Å². The summed E-state index contributed by atoms with van der Waals surface area (Å²) in [5.74, 6) is 0.583. The molecular formula is C19H26N4O3. The predicted molar refractivity (Wildman–Crippen MR) is 98.0 cm³/mol. The Morgan fingerprint density at radius 3 is 2.77 bits per heavy atom. The first-order valence-electron chi connectivity index (χ1n) is 9.33. The van der Waals surface area contributed by atoms with Gasteiger partial charge in [0.05, 0.1) is 12.3 Å². The molecule has 7 heteroatoms. The Kier molecular flexibility index (Phi) is 6.22. The Morgan fingerprint density at radius 2 is 2.08 bits per heavy atom. The van der Waals surface area contributed by atoms with E-state index >= 15 is 0 Å². The average Bonchev–Trinajstić information content (AvgIpc) is 3.19. The molecule has 0 radical (unpaired) electrons. The summed E-state index contributed by atoms with van der Waals surface area (Å²) in [5, 5.41) is 7.13. The molecule has 0 aliphatic carbocycles. The average molecular weight is 358 g/mol. The molecule has 3 heterocycles. The fourth-order valence-electron chi connectivity index (χ4n) is 3.34.